The second kappa shape index (κ2) is 9.34. The van der Waals surface area contributed by atoms with Crippen molar-refractivity contribution in [2.75, 3.05) is 0 Å². The summed E-state index contributed by atoms with van der Waals surface area (Å²) in [7, 11) is 0. The minimum absolute atomic E-state index is 0.0164. The first-order valence-electron chi connectivity index (χ1n) is 7.45. The number of carbonyl (C=O) groups is 4. The van der Waals surface area contributed by atoms with E-state index in [1.165, 1.54) is 0 Å². The Morgan fingerprint density at radius 3 is 2.00 bits per heavy atom. The Balaban J connectivity index is 2.39. The van der Waals surface area contributed by atoms with E-state index in [1.54, 1.807) is 24.3 Å². The first-order chi connectivity index (χ1) is 11.0. The molecule has 1 aromatic rings. The van der Waals surface area contributed by atoms with Gasteiger partial charge in [-0.15, -0.1) is 0 Å². The number of urea groups is 2. The minimum atomic E-state index is -0.972. The molecule has 0 aliphatic carbocycles. The molecule has 0 heterocycles. The first kappa shape index (κ1) is 18.3. The lowest BCUT2D eigenvalue weighted by Crippen LogP contribution is -2.49. The van der Waals surface area contributed by atoms with Gasteiger partial charge in [0.25, 0.3) is 0 Å². The molecule has 7 heteroatoms. The summed E-state index contributed by atoms with van der Waals surface area (Å²) in [6.07, 6.45) is 1.21. The Kier molecular flexibility index (Phi) is 7.45. The number of rotatable bonds is 5. The van der Waals surface area contributed by atoms with Gasteiger partial charge >= 0.3 is 12.1 Å². The molecule has 0 saturated heterocycles. The first-order valence-corrected chi connectivity index (χ1v) is 7.45. The predicted octanol–water partition coefficient (Wildman–Crippen LogP) is 1.73. The summed E-state index contributed by atoms with van der Waals surface area (Å²) >= 11 is 0. The van der Waals surface area contributed by atoms with Crippen LogP contribution in [0.5, 0.6) is 0 Å². The van der Waals surface area contributed by atoms with Crippen molar-refractivity contribution in [3.8, 4) is 0 Å². The molecule has 6 amide bonds. The molecule has 0 atom stereocenters. The summed E-state index contributed by atoms with van der Waals surface area (Å²) in [5, 5.41) is 5.99. The van der Waals surface area contributed by atoms with Gasteiger partial charge in [-0.1, -0.05) is 44.2 Å². The molecule has 0 aliphatic rings. The van der Waals surface area contributed by atoms with Crippen LogP contribution in [0.15, 0.2) is 30.3 Å². The SMILES string of the molecule is CCC(CC)C(=O)NC(=O)NC(=O)NC(=O)Cc1ccccc1. The topological polar surface area (TPSA) is 104 Å². The maximum absolute atomic E-state index is 11.7. The van der Waals surface area contributed by atoms with Crippen LogP contribution < -0.4 is 16.0 Å². The molecule has 23 heavy (non-hydrogen) atoms. The van der Waals surface area contributed by atoms with Crippen molar-refractivity contribution in [3.63, 3.8) is 0 Å². The molecule has 0 radical (unpaired) electrons. The van der Waals surface area contributed by atoms with E-state index >= 15 is 0 Å². The zero-order valence-electron chi connectivity index (χ0n) is 13.2. The van der Waals surface area contributed by atoms with E-state index in [1.807, 2.05) is 30.5 Å². The van der Waals surface area contributed by atoms with Crippen LogP contribution in [0.1, 0.15) is 32.3 Å². The molecule has 1 aromatic carbocycles. The summed E-state index contributed by atoms with van der Waals surface area (Å²) < 4.78 is 0. The number of imide groups is 3. The highest BCUT2D eigenvalue weighted by Gasteiger charge is 2.18. The lowest BCUT2D eigenvalue weighted by Gasteiger charge is -2.12. The van der Waals surface area contributed by atoms with Crippen LogP contribution in [0.2, 0.25) is 0 Å². The standard InChI is InChI=1S/C16H21N3O4/c1-3-12(4-2)14(21)18-16(23)19-15(22)17-13(20)10-11-8-6-5-7-9-11/h5-9,12H,3-4,10H2,1-2H3,(H3,17,18,19,20,21,22,23). The second-order valence-electron chi connectivity index (χ2n) is 5.00. The van der Waals surface area contributed by atoms with Gasteiger partial charge in [-0.25, -0.2) is 9.59 Å². The molecule has 7 nitrogen and oxygen atoms in total. The quantitative estimate of drug-likeness (QED) is 0.768. The highest BCUT2D eigenvalue weighted by atomic mass is 16.2. The molecule has 0 unspecified atom stereocenters. The fourth-order valence-electron chi connectivity index (χ4n) is 1.99. The molecule has 0 aliphatic heterocycles. The molecule has 0 bridgehead atoms. The van der Waals surface area contributed by atoms with Crippen molar-refractivity contribution in [2.24, 2.45) is 5.92 Å². The summed E-state index contributed by atoms with van der Waals surface area (Å²) in [4.78, 5) is 46.4. The number of hydrogen-bond acceptors (Lipinski definition) is 4. The van der Waals surface area contributed by atoms with E-state index in [0.29, 0.717) is 12.8 Å². The zero-order valence-corrected chi connectivity index (χ0v) is 13.2. The fraction of sp³-hybridized carbons (Fsp3) is 0.375. The van der Waals surface area contributed by atoms with Gasteiger partial charge in [0.15, 0.2) is 0 Å². The van der Waals surface area contributed by atoms with Gasteiger partial charge < -0.3 is 0 Å². The fourth-order valence-corrected chi connectivity index (χ4v) is 1.99. The highest BCUT2D eigenvalue weighted by Crippen LogP contribution is 2.06. The molecule has 124 valence electrons. The van der Waals surface area contributed by atoms with Crippen LogP contribution in [-0.2, 0) is 16.0 Å². The third-order valence-corrected chi connectivity index (χ3v) is 3.28. The summed E-state index contributed by atoms with van der Waals surface area (Å²) in [6.45, 7) is 3.67. The van der Waals surface area contributed by atoms with Gasteiger partial charge in [0.05, 0.1) is 6.42 Å². The van der Waals surface area contributed by atoms with Crippen LogP contribution in [0, 0.1) is 5.92 Å². The smallest absolute Gasteiger partial charge is 0.277 e. The van der Waals surface area contributed by atoms with Crippen molar-refractivity contribution >= 4 is 23.9 Å². The lowest BCUT2D eigenvalue weighted by atomic mass is 10.0. The molecule has 1 rings (SSSR count). The summed E-state index contributed by atoms with van der Waals surface area (Å²) in [5.41, 5.74) is 0.742. The van der Waals surface area contributed by atoms with Crippen LogP contribution in [-0.4, -0.2) is 23.9 Å². The summed E-state index contributed by atoms with van der Waals surface area (Å²) in [6, 6.07) is 6.94. The second-order valence-corrected chi connectivity index (χ2v) is 5.00. The number of benzene rings is 1. The molecule has 0 spiro atoms. The Labute approximate surface area is 134 Å². The minimum Gasteiger partial charge on any atom is -0.277 e. The normalized spacial score (nSPS) is 10.0. The van der Waals surface area contributed by atoms with E-state index < -0.39 is 23.9 Å². The number of hydrogen-bond donors (Lipinski definition) is 3. The van der Waals surface area contributed by atoms with Crippen molar-refractivity contribution < 1.29 is 19.2 Å². The van der Waals surface area contributed by atoms with E-state index in [0.717, 1.165) is 5.56 Å². The van der Waals surface area contributed by atoms with Crippen molar-refractivity contribution in [2.45, 2.75) is 33.1 Å². The van der Waals surface area contributed by atoms with Crippen LogP contribution in [0.4, 0.5) is 9.59 Å². The summed E-state index contributed by atoms with van der Waals surface area (Å²) in [5.74, 6) is -1.28. The van der Waals surface area contributed by atoms with Crippen LogP contribution >= 0.6 is 0 Å². The third kappa shape index (κ3) is 6.73. The molecule has 3 N–H and O–H groups in total. The zero-order chi connectivity index (χ0) is 17.2. The van der Waals surface area contributed by atoms with E-state index in [9.17, 15) is 19.2 Å². The highest BCUT2D eigenvalue weighted by molar-refractivity contribution is 6.06. The van der Waals surface area contributed by atoms with E-state index in [2.05, 4.69) is 5.32 Å². The van der Waals surface area contributed by atoms with Gasteiger partial charge in [0, 0.05) is 5.92 Å². The third-order valence-electron chi connectivity index (χ3n) is 3.28. The maximum atomic E-state index is 11.7. The number of amides is 6. The molecule has 0 aromatic heterocycles. The number of carbonyl (C=O) groups excluding carboxylic acids is 4. The number of nitrogens with one attached hydrogen (secondary N) is 3. The molecule has 0 fully saturated rings. The van der Waals surface area contributed by atoms with Gasteiger partial charge in [-0.3, -0.25) is 25.5 Å². The van der Waals surface area contributed by atoms with Crippen molar-refractivity contribution in [1.82, 2.24) is 16.0 Å². The van der Waals surface area contributed by atoms with Crippen LogP contribution in [0.3, 0.4) is 0 Å². The maximum Gasteiger partial charge on any atom is 0.329 e. The average Bonchev–Trinajstić information content (AvgIpc) is 2.48. The lowest BCUT2D eigenvalue weighted by molar-refractivity contribution is -0.124. The average molecular weight is 319 g/mol. The molecular weight excluding hydrogens is 298 g/mol. The monoisotopic (exact) mass is 319 g/mol. The van der Waals surface area contributed by atoms with Gasteiger partial charge in [-0.05, 0) is 18.4 Å². The molecular formula is C16H21N3O4. The van der Waals surface area contributed by atoms with Gasteiger partial charge in [0.2, 0.25) is 11.8 Å². The van der Waals surface area contributed by atoms with E-state index in [-0.39, 0.29) is 12.3 Å². The van der Waals surface area contributed by atoms with Crippen molar-refractivity contribution in [1.29, 1.82) is 0 Å². The van der Waals surface area contributed by atoms with Crippen molar-refractivity contribution in [3.05, 3.63) is 35.9 Å². The van der Waals surface area contributed by atoms with Gasteiger partial charge in [0.1, 0.15) is 0 Å². The predicted molar refractivity (Wildman–Crippen MR) is 84.4 cm³/mol. The molecule has 0 saturated carbocycles. The van der Waals surface area contributed by atoms with Gasteiger partial charge in [-0.2, -0.15) is 0 Å². The largest absolute Gasteiger partial charge is 0.329 e. The Hall–Kier alpha value is -2.70. The Morgan fingerprint density at radius 2 is 1.43 bits per heavy atom. The Morgan fingerprint density at radius 1 is 0.870 bits per heavy atom. The van der Waals surface area contributed by atoms with E-state index in [4.69, 9.17) is 0 Å². The Bertz CT molecular complexity index is 568. The van der Waals surface area contributed by atoms with Crippen LogP contribution in [0.25, 0.3) is 0 Å².